The standard InChI is InChI=1S/C18H19N3O3S/c1-12-14-17(25-15(12)16(19)22)20-11-21(18(14)23)9-5-6-10-24-13-7-3-2-4-8-13/h2-4,7-8,11H,5-6,9-10H2,1H3,(H2,19,22). The van der Waals surface area contributed by atoms with Crippen LogP contribution in [0.5, 0.6) is 5.75 Å². The molecule has 0 unspecified atom stereocenters. The van der Waals surface area contributed by atoms with Gasteiger partial charge in [0.05, 0.1) is 23.2 Å². The van der Waals surface area contributed by atoms with Gasteiger partial charge in [0.15, 0.2) is 0 Å². The van der Waals surface area contributed by atoms with Gasteiger partial charge in [-0.25, -0.2) is 4.98 Å². The predicted octanol–water partition coefficient (Wildman–Crippen LogP) is 2.72. The van der Waals surface area contributed by atoms with Crippen molar-refractivity contribution in [2.45, 2.75) is 26.3 Å². The van der Waals surface area contributed by atoms with Crippen molar-refractivity contribution >= 4 is 27.5 Å². The third-order valence-corrected chi connectivity index (χ3v) is 5.16. The average molecular weight is 357 g/mol. The number of hydrogen-bond acceptors (Lipinski definition) is 5. The molecule has 6 nitrogen and oxygen atoms in total. The first kappa shape index (κ1) is 17.2. The number of unbranched alkanes of at least 4 members (excludes halogenated alkanes) is 1. The SMILES string of the molecule is Cc1c(C(N)=O)sc2ncn(CCCCOc3ccccc3)c(=O)c12. The summed E-state index contributed by atoms with van der Waals surface area (Å²) < 4.78 is 7.22. The minimum Gasteiger partial charge on any atom is -0.494 e. The van der Waals surface area contributed by atoms with Gasteiger partial charge in [-0.15, -0.1) is 11.3 Å². The fourth-order valence-corrected chi connectivity index (χ4v) is 3.64. The van der Waals surface area contributed by atoms with E-state index in [0.717, 1.165) is 18.6 Å². The van der Waals surface area contributed by atoms with Crippen LogP contribution in [-0.2, 0) is 6.54 Å². The summed E-state index contributed by atoms with van der Waals surface area (Å²) in [6, 6.07) is 9.63. The number of thiophene rings is 1. The number of carbonyl (C=O) groups excluding carboxylic acids is 1. The van der Waals surface area contributed by atoms with E-state index in [1.54, 1.807) is 11.5 Å². The number of benzene rings is 1. The zero-order chi connectivity index (χ0) is 17.8. The molecule has 2 heterocycles. The van der Waals surface area contributed by atoms with E-state index in [2.05, 4.69) is 4.98 Å². The maximum atomic E-state index is 12.6. The van der Waals surface area contributed by atoms with Crippen LogP contribution in [0.1, 0.15) is 28.1 Å². The van der Waals surface area contributed by atoms with Crippen LogP contribution in [0.3, 0.4) is 0 Å². The lowest BCUT2D eigenvalue weighted by atomic mass is 10.2. The number of fused-ring (bicyclic) bond motifs is 1. The molecule has 0 atom stereocenters. The van der Waals surface area contributed by atoms with Crippen LogP contribution in [0, 0.1) is 6.92 Å². The number of rotatable bonds is 7. The summed E-state index contributed by atoms with van der Waals surface area (Å²) in [5.41, 5.74) is 5.84. The molecule has 1 aromatic carbocycles. The van der Waals surface area contributed by atoms with Gasteiger partial charge in [0.1, 0.15) is 10.6 Å². The third kappa shape index (κ3) is 3.71. The number of nitrogens with two attached hydrogens (primary N) is 1. The zero-order valence-electron chi connectivity index (χ0n) is 13.9. The van der Waals surface area contributed by atoms with E-state index in [1.165, 1.54) is 17.7 Å². The van der Waals surface area contributed by atoms with E-state index in [9.17, 15) is 9.59 Å². The van der Waals surface area contributed by atoms with Gasteiger partial charge in [0.2, 0.25) is 0 Å². The predicted molar refractivity (Wildman–Crippen MR) is 98.3 cm³/mol. The number of amides is 1. The second kappa shape index (κ2) is 7.48. The molecule has 0 saturated heterocycles. The molecule has 0 aliphatic rings. The van der Waals surface area contributed by atoms with Crippen LogP contribution in [0.4, 0.5) is 0 Å². The first-order valence-electron chi connectivity index (χ1n) is 8.04. The van der Waals surface area contributed by atoms with Gasteiger partial charge in [-0.05, 0) is 37.5 Å². The molecule has 0 radical (unpaired) electrons. The highest BCUT2D eigenvalue weighted by molar-refractivity contribution is 7.20. The van der Waals surface area contributed by atoms with Gasteiger partial charge in [-0.2, -0.15) is 0 Å². The average Bonchev–Trinajstić information content (AvgIpc) is 2.95. The lowest BCUT2D eigenvalue weighted by Gasteiger charge is -2.07. The Morgan fingerprint density at radius 2 is 2.04 bits per heavy atom. The van der Waals surface area contributed by atoms with Crippen molar-refractivity contribution in [2.24, 2.45) is 5.73 Å². The third-order valence-electron chi connectivity index (χ3n) is 3.95. The van der Waals surface area contributed by atoms with E-state index in [4.69, 9.17) is 10.5 Å². The molecule has 3 rings (SSSR count). The first-order valence-corrected chi connectivity index (χ1v) is 8.85. The number of aromatic nitrogens is 2. The quantitative estimate of drug-likeness (QED) is 0.659. The van der Waals surface area contributed by atoms with E-state index in [-0.39, 0.29) is 5.56 Å². The molecular weight excluding hydrogens is 338 g/mol. The van der Waals surface area contributed by atoms with Crippen molar-refractivity contribution in [1.82, 2.24) is 9.55 Å². The summed E-state index contributed by atoms with van der Waals surface area (Å²) in [5, 5.41) is 0.488. The smallest absolute Gasteiger partial charge is 0.262 e. The van der Waals surface area contributed by atoms with Crippen molar-refractivity contribution in [1.29, 1.82) is 0 Å². The van der Waals surface area contributed by atoms with Crippen LogP contribution >= 0.6 is 11.3 Å². The Balaban J connectivity index is 1.64. The molecule has 1 amide bonds. The van der Waals surface area contributed by atoms with Gasteiger partial charge < -0.3 is 10.5 Å². The fraction of sp³-hybridized carbons (Fsp3) is 0.278. The van der Waals surface area contributed by atoms with E-state index < -0.39 is 5.91 Å². The summed E-state index contributed by atoms with van der Waals surface area (Å²) >= 11 is 1.17. The molecule has 2 aromatic heterocycles. The lowest BCUT2D eigenvalue weighted by molar-refractivity contribution is 0.100. The Morgan fingerprint density at radius 3 is 2.76 bits per heavy atom. The Morgan fingerprint density at radius 1 is 1.28 bits per heavy atom. The van der Waals surface area contributed by atoms with Gasteiger partial charge in [0, 0.05) is 6.54 Å². The Kier molecular flexibility index (Phi) is 5.14. The monoisotopic (exact) mass is 357 g/mol. The minimum absolute atomic E-state index is 0.129. The van der Waals surface area contributed by atoms with E-state index >= 15 is 0 Å². The number of primary amides is 1. The first-order chi connectivity index (χ1) is 12.1. The summed E-state index contributed by atoms with van der Waals surface area (Å²) in [6.45, 7) is 2.89. The molecule has 0 fully saturated rings. The number of carbonyl (C=O) groups is 1. The van der Waals surface area contributed by atoms with Crippen LogP contribution in [0.2, 0.25) is 0 Å². The molecule has 2 N–H and O–H groups in total. The molecule has 25 heavy (non-hydrogen) atoms. The molecule has 130 valence electrons. The Hall–Kier alpha value is -2.67. The largest absolute Gasteiger partial charge is 0.494 e. The second-order valence-electron chi connectivity index (χ2n) is 5.71. The van der Waals surface area contributed by atoms with Crippen LogP contribution in [0.25, 0.3) is 10.2 Å². The van der Waals surface area contributed by atoms with Crippen molar-refractivity contribution in [3.8, 4) is 5.75 Å². The van der Waals surface area contributed by atoms with E-state index in [1.807, 2.05) is 30.3 Å². The zero-order valence-corrected chi connectivity index (χ0v) is 14.7. The minimum atomic E-state index is -0.524. The van der Waals surface area contributed by atoms with Crippen molar-refractivity contribution in [2.75, 3.05) is 6.61 Å². The molecule has 7 heteroatoms. The Labute approximate surface area is 148 Å². The maximum absolute atomic E-state index is 12.6. The number of ether oxygens (including phenoxy) is 1. The second-order valence-corrected chi connectivity index (χ2v) is 6.71. The summed E-state index contributed by atoms with van der Waals surface area (Å²) in [5.74, 6) is 0.320. The van der Waals surface area contributed by atoms with Crippen LogP contribution in [-0.4, -0.2) is 22.1 Å². The molecular formula is C18H19N3O3S. The summed E-state index contributed by atoms with van der Waals surface area (Å²) in [7, 11) is 0. The lowest BCUT2D eigenvalue weighted by Crippen LogP contribution is -2.21. The number of hydrogen-bond donors (Lipinski definition) is 1. The highest BCUT2D eigenvalue weighted by atomic mass is 32.1. The van der Waals surface area contributed by atoms with E-state index in [0.29, 0.717) is 33.8 Å². The Bertz CT molecular complexity index is 947. The maximum Gasteiger partial charge on any atom is 0.262 e. The van der Waals surface area contributed by atoms with Gasteiger partial charge in [-0.1, -0.05) is 18.2 Å². The van der Waals surface area contributed by atoms with Crippen molar-refractivity contribution < 1.29 is 9.53 Å². The number of nitrogens with zero attached hydrogens (tertiary/aromatic N) is 2. The number of para-hydroxylation sites is 1. The fourth-order valence-electron chi connectivity index (χ4n) is 2.64. The van der Waals surface area contributed by atoms with Crippen molar-refractivity contribution in [3.05, 3.63) is 57.5 Å². The topological polar surface area (TPSA) is 87.2 Å². The molecule has 3 aromatic rings. The van der Waals surface area contributed by atoms with Gasteiger partial charge >= 0.3 is 0 Å². The molecule has 0 aliphatic carbocycles. The summed E-state index contributed by atoms with van der Waals surface area (Å²) in [4.78, 5) is 29.3. The van der Waals surface area contributed by atoms with Crippen LogP contribution in [0.15, 0.2) is 41.5 Å². The van der Waals surface area contributed by atoms with Crippen LogP contribution < -0.4 is 16.0 Å². The molecule has 0 spiro atoms. The molecule has 0 aliphatic heterocycles. The normalized spacial score (nSPS) is 10.9. The highest BCUT2D eigenvalue weighted by Gasteiger charge is 2.17. The number of aryl methyl sites for hydroxylation is 2. The molecule has 0 bridgehead atoms. The van der Waals surface area contributed by atoms with Gasteiger partial charge in [-0.3, -0.25) is 14.2 Å². The van der Waals surface area contributed by atoms with Crippen molar-refractivity contribution in [3.63, 3.8) is 0 Å². The molecule has 0 saturated carbocycles. The van der Waals surface area contributed by atoms with Gasteiger partial charge in [0.25, 0.3) is 11.5 Å². The highest BCUT2D eigenvalue weighted by Crippen LogP contribution is 2.26. The summed E-state index contributed by atoms with van der Waals surface area (Å²) in [6.07, 6.45) is 3.16.